The van der Waals surface area contributed by atoms with Gasteiger partial charge in [-0.25, -0.2) is 0 Å². The minimum atomic E-state index is 0.700. The molecular weight excluding hydrogens is 270 g/mol. The molecule has 1 aliphatic rings. The molecule has 1 fully saturated rings. The molecule has 0 bridgehead atoms. The molecule has 0 saturated carbocycles. The molecule has 1 nitrogen and oxygen atoms in total. The summed E-state index contributed by atoms with van der Waals surface area (Å²) >= 11 is 4.30. The highest BCUT2D eigenvalue weighted by molar-refractivity contribution is 8.06. The van der Waals surface area contributed by atoms with E-state index < -0.39 is 0 Å². The molecule has 1 aromatic carbocycles. The number of nitrogens with one attached hydrogen (secondary N) is 1. The second-order valence-corrected chi connectivity index (χ2v) is 7.52. The van der Waals surface area contributed by atoms with E-state index >= 15 is 0 Å². The molecule has 0 radical (unpaired) electrons. The Kier molecular flexibility index (Phi) is 7.18. The summed E-state index contributed by atoms with van der Waals surface area (Å²) in [7, 11) is 0. The van der Waals surface area contributed by atoms with E-state index in [9.17, 15) is 0 Å². The van der Waals surface area contributed by atoms with E-state index in [0.717, 1.165) is 11.8 Å². The van der Waals surface area contributed by atoms with Crippen molar-refractivity contribution >= 4 is 23.5 Å². The van der Waals surface area contributed by atoms with Crippen molar-refractivity contribution in [2.24, 2.45) is 0 Å². The van der Waals surface area contributed by atoms with E-state index in [1.807, 2.05) is 0 Å². The fourth-order valence-electron chi connectivity index (χ4n) is 2.59. The molecule has 1 saturated heterocycles. The van der Waals surface area contributed by atoms with Crippen LogP contribution < -0.4 is 5.32 Å². The highest BCUT2D eigenvalue weighted by atomic mass is 32.2. The molecule has 1 N–H and O–H groups in total. The highest BCUT2D eigenvalue weighted by Gasteiger charge is 2.23. The van der Waals surface area contributed by atoms with Crippen LogP contribution in [-0.4, -0.2) is 35.1 Å². The fraction of sp³-hybridized carbons (Fsp3) is 0.625. The zero-order chi connectivity index (χ0) is 13.3. The van der Waals surface area contributed by atoms with E-state index in [2.05, 4.69) is 66.1 Å². The van der Waals surface area contributed by atoms with Gasteiger partial charge < -0.3 is 5.32 Å². The lowest BCUT2D eigenvalue weighted by Gasteiger charge is -2.30. The first kappa shape index (κ1) is 15.3. The molecule has 1 aromatic rings. The van der Waals surface area contributed by atoms with Crippen molar-refractivity contribution in [1.82, 2.24) is 5.32 Å². The highest BCUT2D eigenvalue weighted by Crippen LogP contribution is 2.28. The zero-order valence-corrected chi connectivity index (χ0v) is 13.4. The molecule has 0 spiro atoms. The lowest BCUT2D eigenvalue weighted by atomic mass is 10.0. The molecule has 0 amide bonds. The van der Waals surface area contributed by atoms with Crippen LogP contribution in [0.25, 0.3) is 0 Å². The van der Waals surface area contributed by atoms with Crippen molar-refractivity contribution in [1.29, 1.82) is 0 Å². The summed E-state index contributed by atoms with van der Waals surface area (Å²) in [6, 6.07) is 11.6. The van der Waals surface area contributed by atoms with Gasteiger partial charge in [-0.15, -0.1) is 0 Å². The Balaban J connectivity index is 1.76. The molecule has 2 atom stereocenters. The third kappa shape index (κ3) is 5.41. The van der Waals surface area contributed by atoms with Crippen molar-refractivity contribution in [3.63, 3.8) is 0 Å². The van der Waals surface area contributed by atoms with E-state index in [0.29, 0.717) is 6.04 Å². The van der Waals surface area contributed by atoms with Gasteiger partial charge in [-0.1, -0.05) is 37.3 Å². The van der Waals surface area contributed by atoms with Gasteiger partial charge in [0.2, 0.25) is 0 Å². The van der Waals surface area contributed by atoms with Crippen LogP contribution in [0.4, 0.5) is 0 Å². The van der Waals surface area contributed by atoms with Gasteiger partial charge in [0, 0.05) is 28.6 Å². The maximum Gasteiger partial charge on any atom is 0.0291 e. The quantitative estimate of drug-likeness (QED) is 0.821. The predicted molar refractivity (Wildman–Crippen MR) is 90.4 cm³/mol. The summed E-state index contributed by atoms with van der Waals surface area (Å²) in [5.74, 6) is 3.99. The number of aryl methyl sites for hydroxylation is 1. The SMILES string of the molecule is CCNC(CCCc1ccccc1)C1CSCCS1. The van der Waals surface area contributed by atoms with Gasteiger partial charge >= 0.3 is 0 Å². The van der Waals surface area contributed by atoms with Crippen LogP contribution in [0.1, 0.15) is 25.3 Å². The number of thioether (sulfide) groups is 2. The normalized spacial score (nSPS) is 21.2. The predicted octanol–water partition coefficient (Wildman–Crippen LogP) is 3.84. The van der Waals surface area contributed by atoms with Crippen LogP contribution >= 0.6 is 23.5 Å². The van der Waals surface area contributed by atoms with E-state index in [1.165, 1.54) is 42.1 Å². The summed E-state index contributed by atoms with van der Waals surface area (Å²) in [5.41, 5.74) is 1.48. The Morgan fingerprint density at radius 1 is 1.26 bits per heavy atom. The molecule has 19 heavy (non-hydrogen) atoms. The minimum absolute atomic E-state index is 0.700. The Hall–Kier alpha value is -0.120. The van der Waals surface area contributed by atoms with E-state index in [1.54, 1.807) is 0 Å². The summed E-state index contributed by atoms with van der Waals surface area (Å²) in [6.45, 7) is 3.32. The average molecular weight is 296 g/mol. The first-order valence-corrected chi connectivity index (χ1v) is 9.57. The van der Waals surface area contributed by atoms with E-state index in [-0.39, 0.29) is 0 Å². The topological polar surface area (TPSA) is 12.0 Å². The molecule has 0 aromatic heterocycles. The van der Waals surface area contributed by atoms with Crippen molar-refractivity contribution in [2.75, 3.05) is 23.8 Å². The average Bonchev–Trinajstić information content (AvgIpc) is 2.48. The third-order valence-corrected chi connectivity index (χ3v) is 6.50. The standard InChI is InChI=1S/C16H25NS2/c1-2-17-15(16-13-18-11-12-19-16)10-6-9-14-7-4-3-5-8-14/h3-5,7-8,15-17H,2,6,9-13H2,1H3. The molecule has 1 heterocycles. The summed E-state index contributed by atoms with van der Waals surface area (Å²) in [5, 5.41) is 4.52. The number of hydrogen-bond donors (Lipinski definition) is 1. The van der Waals surface area contributed by atoms with Crippen molar-refractivity contribution < 1.29 is 0 Å². The second kappa shape index (κ2) is 8.93. The Labute approximate surface area is 126 Å². The van der Waals surface area contributed by atoms with Gasteiger partial charge in [-0.3, -0.25) is 0 Å². The van der Waals surface area contributed by atoms with Gasteiger partial charge in [0.1, 0.15) is 0 Å². The molecule has 2 unspecified atom stereocenters. The maximum atomic E-state index is 3.70. The monoisotopic (exact) mass is 295 g/mol. The molecule has 2 rings (SSSR count). The lowest BCUT2D eigenvalue weighted by molar-refractivity contribution is 0.477. The van der Waals surface area contributed by atoms with Crippen molar-refractivity contribution in [3.8, 4) is 0 Å². The molecule has 3 heteroatoms. The Bertz CT molecular complexity index is 336. The van der Waals surface area contributed by atoms with Crippen LogP contribution in [-0.2, 0) is 6.42 Å². The summed E-state index contributed by atoms with van der Waals surface area (Å²) < 4.78 is 0. The molecule has 106 valence electrons. The van der Waals surface area contributed by atoms with Crippen LogP contribution in [0, 0.1) is 0 Å². The van der Waals surface area contributed by atoms with Gasteiger partial charge in [-0.05, 0) is 31.4 Å². The van der Waals surface area contributed by atoms with Gasteiger partial charge in [0.05, 0.1) is 0 Å². The van der Waals surface area contributed by atoms with Crippen LogP contribution in [0.15, 0.2) is 30.3 Å². The first-order valence-electron chi connectivity index (χ1n) is 7.37. The van der Waals surface area contributed by atoms with Crippen LogP contribution in [0.5, 0.6) is 0 Å². The van der Waals surface area contributed by atoms with Crippen LogP contribution in [0.2, 0.25) is 0 Å². The fourth-order valence-corrected chi connectivity index (χ4v) is 5.52. The first-order chi connectivity index (χ1) is 9.40. The van der Waals surface area contributed by atoms with E-state index in [4.69, 9.17) is 0 Å². The van der Waals surface area contributed by atoms with Gasteiger partial charge in [-0.2, -0.15) is 23.5 Å². The summed E-state index contributed by atoms with van der Waals surface area (Å²) in [6.07, 6.45) is 3.82. The Morgan fingerprint density at radius 2 is 2.11 bits per heavy atom. The minimum Gasteiger partial charge on any atom is -0.313 e. The lowest BCUT2D eigenvalue weighted by Crippen LogP contribution is -2.41. The van der Waals surface area contributed by atoms with Crippen LogP contribution in [0.3, 0.4) is 0 Å². The number of hydrogen-bond acceptors (Lipinski definition) is 3. The Morgan fingerprint density at radius 3 is 2.79 bits per heavy atom. The maximum absolute atomic E-state index is 3.70. The molecule has 1 aliphatic heterocycles. The number of rotatable bonds is 7. The smallest absolute Gasteiger partial charge is 0.0291 e. The zero-order valence-electron chi connectivity index (χ0n) is 11.8. The van der Waals surface area contributed by atoms with Gasteiger partial charge in [0.15, 0.2) is 0 Å². The largest absolute Gasteiger partial charge is 0.313 e. The molecular formula is C16H25NS2. The summed E-state index contributed by atoms with van der Waals surface area (Å²) in [4.78, 5) is 0. The third-order valence-electron chi connectivity index (χ3n) is 3.58. The van der Waals surface area contributed by atoms with Crippen molar-refractivity contribution in [2.45, 2.75) is 37.5 Å². The second-order valence-electron chi connectivity index (χ2n) is 5.03. The van der Waals surface area contributed by atoms with Crippen molar-refractivity contribution in [3.05, 3.63) is 35.9 Å². The van der Waals surface area contributed by atoms with Gasteiger partial charge in [0.25, 0.3) is 0 Å². The molecule has 0 aliphatic carbocycles. The number of benzene rings is 1.